The first-order valence-corrected chi connectivity index (χ1v) is 7.52. The summed E-state index contributed by atoms with van der Waals surface area (Å²) >= 11 is 1.76. The van der Waals surface area contributed by atoms with Gasteiger partial charge in [-0.2, -0.15) is 0 Å². The minimum atomic E-state index is -0.203. The molecular formula is C14H17FN2OS. The second kappa shape index (κ2) is 5.51. The van der Waals surface area contributed by atoms with E-state index in [4.69, 9.17) is 4.74 Å². The summed E-state index contributed by atoms with van der Waals surface area (Å²) in [4.78, 5) is 4.55. The summed E-state index contributed by atoms with van der Waals surface area (Å²) in [5.41, 5.74) is 1.08. The Hall–Kier alpha value is -1.07. The molecule has 0 radical (unpaired) electrons. The van der Waals surface area contributed by atoms with Crippen LogP contribution in [0.1, 0.15) is 18.4 Å². The Labute approximate surface area is 116 Å². The van der Waals surface area contributed by atoms with Crippen molar-refractivity contribution in [1.82, 2.24) is 5.32 Å². The first kappa shape index (κ1) is 12.9. The van der Waals surface area contributed by atoms with E-state index in [0.29, 0.717) is 6.54 Å². The highest BCUT2D eigenvalue weighted by Gasteiger charge is 2.38. The van der Waals surface area contributed by atoms with E-state index in [-0.39, 0.29) is 11.4 Å². The molecule has 102 valence electrons. The molecule has 1 N–H and O–H groups in total. The second-order valence-corrected chi connectivity index (χ2v) is 6.02. The average molecular weight is 280 g/mol. The van der Waals surface area contributed by atoms with E-state index < -0.39 is 0 Å². The summed E-state index contributed by atoms with van der Waals surface area (Å²) < 4.78 is 18.5. The molecule has 2 aliphatic heterocycles. The number of ether oxygens (including phenoxy) is 1. The zero-order chi connectivity index (χ0) is 13.1. The molecular weight excluding hydrogens is 263 g/mol. The highest BCUT2D eigenvalue weighted by Crippen LogP contribution is 2.31. The fourth-order valence-corrected chi connectivity index (χ4v) is 3.64. The van der Waals surface area contributed by atoms with E-state index in [1.54, 1.807) is 17.8 Å². The molecule has 5 heteroatoms. The third-order valence-electron chi connectivity index (χ3n) is 3.60. The zero-order valence-electron chi connectivity index (χ0n) is 10.7. The standard InChI is InChI=1S/C14H17FN2OS/c15-12-3-1-2-11(8-12)9-16-13-17-14(10-19-13)4-6-18-7-5-14/h1-3,8H,4-7,9-10H2,(H,16,17). The van der Waals surface area contributed by atoms with Crippen molar-refractivity contribution in [2.75, 3.05) is 19.0 Å². The van der Waals surface area contributed by atoms with Crippen molar-refractivity contribution >= 4 is 16.9 Å². The minimum Gasteiger partial charge on any atom is -0.381 e. The Morgan fingerprint density at radius 1 is 1.37 bits per heavy atom. The van der Waals surface area contributed by atoms with Gasteiger partial charge in [0, 0.05) is 19.0 Å². The van der Waals surface area contributed by atoms with Crippen LogP contribution in [-0.2, 0) is 11.3 Å². The van der Waals surface area contributed by atoms with Crippen molar-refractivity contribution in [2.45, 2.75) is 24.9 Å². The van der Waals surface area contributed by atoms with Crippen LogP contribution in [-0.4, -0.2) is 29.7 Å². The van der Waals surface area contributed by atoms with Gasteiger partial charge in [-0.15, -0.1) is 0 Å². The van der Waals surface area contributed by atoms with Crippen LogP contribution in [0.15, 0.2) is 29.3 Å². The first-order chi connectivity index (χ1) is 9.26. The van der Waals surface area contributed by atoms with Crippen LogP contribution in [0, 0.1) is 5.82 Å². The summed E-state index contributed by atoms with van der Waals surface area (Å²) in [5, 5.41) is 4.51. The SMILES string of the molecule is Fc1cccc(CN=C2NC3(CCOCC3)CS2)c1. The molecule has 0 saturated carbocycles. The van der Waals surface area contributed by atoms with Crippen molar-refractivity contribution in [1.29, 1.82) is 0 Å². The Kier molecular flexibility index (Phi) is 3.75. The summed E-state index contributed by atoms with van der Waals surface area (Å²) in [7, 11) is 0. The predicted molar refractivity (Wildman–Crippen MR) is 75.9 cm³/mol. The van der Waals surface area contributed by atoms with Gasteiger partial charge in [0.2, 0.25) is 0 Å². The van der Waals surface area contributed by atoms with Crippen molar-refractivity contribution < 1.29 is 9.13 Å². The summed E-state index contributed by atoms with van der Waals surface area (Å²) in [6.45, 7) is 2.18. The zero-order valence-corrected chi connectivity index (χ0v) is 11.5. The van der Waals surface area contributed by atoms with Crippen molar-refractivity contribution in [3.63, 3.8) is 0 Å². The molecule has 2 heterocycles. The largest absolute Gasteiger partial charge is 0.381 e. The molecule has 1 aromatic rings. The van der Waals surface area contributed by atoms with Crippen LogP contribution in [0.5, 0.6) is 0 Å². The maximum Gasteiger partial charge on any atom is 0.157 e. The van der Waals surface area contributed by atoms with E-state index in [0.717, 1.165) is 42.5 Å². The van der Waals surface area contributed by atoms with Gasteiger partial charge in [0.15, 0.2) is 5.17 Å². The number of amidine groups is 1. The van der Waals surface area contributed by atoms with Gasteiger partial charge < -0.3 is 10.1 Å². The lowest BCUT2D eigenvalue weighted by molar-refractivity contribution is 0.0555. The molecule has 0 aromatic heterocycles. The van der Waals surface area contributed by atoms with Crippen LogP contribution < -0.4 is 5.32 Å². The predicted octanol–water partition coefficient (Wildman–Crippen LogP) is 2.57. The third kappa shape index (κ3) is 3.09. The summed E-state index contributed by atoms with van der Waals surface area (Å²) in [6.07, 6.45) is 2.08. The molecule has 2 saturated heterocycles. The lowest BCUT2D eigenvalue weighted by atomic mass is 9.93. The topological polar surface area (TPSA) is 33.6 Å². The monoisotopic (exact) mass is 280 g/mol. The van der Waals surface area contributed by atoms with Crippen LogP contribution in [0.25, 0.3) is 0 Å². The maximum absolute atomic E-state index is 13.1. The molecule has 0 bridgehead atoms. The van der Waals surface area contributed by atoms with Gasteiger partial charge in [-0.1, -0.05) is 23.9 Å². The van der Waals surface area contributed by atoms with Crippen LogP contribution in [0.2, 0.25) is 0 Å². The fourth-order valence-electron chi connectivity index (χ4n) is 2.42. The average Bonchev–Trinajstić information content (AvgIpc) is 2.80. The summed E-state index contributed by atoms with van der Waals surface area (Å²) in [5.74, 6) is 0.851. The Morgan fingerprint density at radius 2 is 2.21 bits per heavy atom. The van der Waals surface area contributed by atoms with Crippen LogP contribution >= 0.6 is 11.8 Å². The number of benzene rings is 1. The van der Waals surface area contributed by atoms with Crippen molar-refractivity contribution in [3.05, 3.63) is 35.6 Å². The Bertz CT molecular complexity index is 486. The van der Waals surface area contributed by atoms with Gasteiger partial charge in [0.1, 0.15) is 5.82 Å². The van der Waals surface area contributed by atoms with Crippen molar-refractivity contribution in [3.8, 4) is 0 Å². The van der Waals surface area contributed by atoms with E-state index in [9.17, 15) is 4.39 Å². The minimum absolute atomic E-state index is 0.170. The Balaban J connectivity index is 1.62. The van der Waals surface area contributed by atoms with Crippen LogP contribution in [0.3, 0.4) is 0 Å². The van der Waals surface area contributed by atoms with E-state index in [1.165, 1.54) is 12.1 Å². The quantitative estimate of drug-likeness (QED) is 0.904. The number of nitrogens with one attached hydrogen (secondary N) is 1. The van der Waals surface area contributed by atoms with Gasteiger partial charge >= 0.3 is 0 Å². The number of rotatable bonds is 2. The van der Waals surface area contributed by atoms with Gasteiger partial charge in [0.05, 0.1) is 12.1 Å². The molecule has 2 fully saturated rings. The molecule has 0 amide bonds. The first-order valence-electron chi connectivity index (χ1n) is 6.53. The fraction of sp³-hybridized carbons (Fsp3) is 0.500. The molecule has 2 aliphatic rings. The molecule has 1 aromatic carbocycles. The van der Waals surface area contributed by atoms with Crippen LogP contribution in [0.4, 0.5) is 4.39 Å². The molecule has 0 atom stereocenters. The maximum atomic E-state index is 13.1. The lowest BCUT2D eigenvalue weighted by Gasteiger charge is -2.32. The summed E-state index contributed by atoms with van der Waals surface area (Å²) in [6, 6.07) is 6.61. The molecule has 0 unspecified atom stereocenters. The van der Waals surface area contributed by atoms with Gasteiger partial charge in [-0.3, -0.25) is 4.99 Å². The van der Waals surface area contributed by atoms with E-state index >= 15 is 0 Å². The normalized spacial score (nSPS) is 23.7. The Morgan fingerprint density at radius 3 is 3.00 bits per heavy atom. The van der Waals surface area contributed by atoms with Gasteiger partial charge in [-0.25, -0.2) is 4.39 Å². The van der Waals surface area contributed by atoms with Gasteiger partial charge in [-0.05, 0) is 30.5 Å². The van der Waals surface area contributed by atoms with E-state index in [2.05, 4.69) is 10.3 Å². The van der Waals surface area contributed by atoms with E-state index in [1.807, 2.05) is 6.07 Å². The second-order valence-electron chi connectivity index (χ2n) is 5.06. The van der Waals surface area contributed by atoms with Gasteiger partial charge in [0.25, 0.3) is 0 Å². The molecule has 1 spiro atoms. The smallest absolute Gasteiger partial charge is 0.157 e. The number of thioether (sulfide) groups is 1. The number of halogens is 1. The van der Waals surface area contributed by atoms with Crippen molar-refractivity contribution in [2.24, 2.45) is 4.99 Å². The highest BCUT2D eigenvalue weighted by molar-refractivity contribution is 8.14. The number of hydrogen-bond donors (Lipinski definition) is 1. The number of aliphatic imine (C=N–C) groups is 1. The number of nitrogens with zero attached hydrogens (tertiary/aromatic N) is 1. The molecule has 3 rings (SSSR count). The molecule has 0 aliphatic carbocycles. The third-order valence-corrected chi connectivity index (χ3v) is 4.80. The molecule has 19 heavy (non-hydrogen) atoms. The molecule has 3 nitrogen and oxygen atoms in total. The number of hydrogen-bond acceptors (Lipinski definition) is 3. The lowest BCUT2D eigenvalue weighted by Crippen LogP contribution is -2.48. The highest BCUT2D eigenvalue weighted by atomic mass is 32.2.